The predicted molar refractivity (Wildman–Crippen MR) is 100 cm³/mol. The van der Waals surface area contributed by atoms with E-state index in [-0.39, 0.29) is 11.4 Å². The van der Waals surface area contributed by atoms with Crippen molar-refractivity contribution in [3.8, 4) is 0 Å². The second-order valence-electron chi connectivity index (χ2n) is 5.26. The summed E-state index contributed by atoms with van der Waals surface area (Å²) >= 11 is 3.35. The molecule has 0 spiro atoms. The second-order valence-corrected chi connectivity index (χ2v) is 7.95. The number of halogens is 1. The van der Waals surface area contributed by atoms with Crippen molar-refractivity contribution < 1.29 is 8.42 Å². The summed E-state index contributed by atoms with van der Waals surface area (Å²) in [5.41, 5.74) is 1.56. The third kappa shape index (κ3) is 3.52. The zero-order valence-corrected chi connectivity index (χ0v) is 15.2. The number of hydrogen-bond acceptors (Lipinski definition) is 2. The Bertz CT molecular complexity index is 912. The molecule has 0 N–H and O–H groups in total. The van der Waals surface area contributed by atoms with Crippen molar-refractivity contribution in [1.82, 2.24) is 0 Å². The molecule has 3 aromatic rings. The molecule has 0 radical (unpaired) electrons. The smallest absolute Gasteiger partial charge is 0.262 e. The fraction of sp³-hybridized carbons (Fsp3) is 0.0526. The first-order chi connectivity index (χ1) is 11.6. The highest BCUT2D eigenvalue weighted by Gasteiger charge is 2.26. The Morgan fingerprint density at radius 2 is 1.29 bits per heavy atom. The van der Waals surface area contributed by atoms with E-state index in [1.54, 1.807) is 36.4 Å². The number of nitrogens with zero attached hydrogens (tertiary/aromatic N) is 1. The summed E-state index contributed by atoms with van der Waals surface area (Å²) in [5, 5.41) is 0. The lowest BCUT2D eigenvalue weighted by Crippen LogP contribution is -2.30. The van der Waals surface area contributed by atoms with Gasteiger partial charge >= 0.3 is 0 Å². The molecule has 0 saturated carbocycles. The Hall–Kier alpha value is -2.11. The van der Waals surface area contributed by atoms with Gasteiger partial charge in [0.25, 0.3) is 10.0 Å². The molecule has 0 aliphatic carbocycles. The second kappa shape index (κ2) is 7.20. The van der Waals surface area contributed by atoms with E-state index in [2.05, 4.69) is 15.9 Å². The fourth-order valence-electron chi connectivity index (χ4n) is 2.43. The van der Waals surface area contributed by atoms with Crippen LogP contribution >= 0.6 is 15.9 Å². The highest BCUT2D eigenvalue weighted by atomic mass is 79.9. The van der Waals surface area contributed by atoms with Crippen LogP contribution in [-0.4, -0.2) is 8.42 Å². The van der Waals surface area contributed by atoms with Gasteiger partial charge in [-0.05, 0) is 45.8 Å². The van der Waals surface area contributed by atoms with Crippen molar-refractivity contribution in [1.29, 1.82) is 0 Å². The Balaban J connectivity index is 2.09. The molecule has 24 heavy (non-hydrogen) atoms. The van der Waals surface area contributed by atoms with Gasteiger partial charge in [-0.25, -0.2) is 8.42 Å². The Kier molecular flexibility index (Phi) is 5.02. The molecule has 5 heteroatoms. The van der Waals surface area contributed by atoms with Gasteiger partial charge < -0.3 is 0 Å². The van der Waals surface area contributed by atoms with Crippen molar-refractivity contribution in [3.63, 3.8) is 0 Å². The van der Waals surface area contributed by atoms with E-state index in [1.165, 1.54) is 4.31 Å². The lowest BCUT2D eigenvalue weighted by atomic mass is 10.2. The van der Waals surface area contributed by atoms with Gasteiger partial charge in [-0.15, -0.1) is 0 Å². The molecule has 0 fully saturated rings. The normalized spacial score (nSPS) is 11.2. The summed E-state index contributed by atoms with van der Waals surface area (Å²) in [7, 11) is -3.70. The van der Waals surface area contributed by atoms with Gasteiger partial charge in [0.15, 0.2) is 0 Å². The maximum absolute atomic E-state index is 13.3. The molecular weight excluding hydrogens is 386 g/mol. The minimum absolute atomic E-state index is 0.254. The van der Waals surface area contributed by atoms with Gasteiger partial charge in [0.2, 0.25) is 0 Å². The van der Waals surface area contributed by atoms with Gasteiger partial charge in [-0.1, -0.05) is 60.7 Å². The number of para-hydroxylation sites is 1. The SMILES string of the molecule is O=S(=O)(c1ccccc1Br)N(Cc1ccccc1)c1ccccc1. The van der Waals surface area contributed by atoms with Crippen LogP contribution in [0.4, 0.5) is 5.69 Å². The van der Waals surface area contributed by atoms with Crippen LogP contribution in [0.5, 0.6) is 0 Å². The number of rotatable bonds is 5. The minimum Gasteiger partial charge on any atom is -0.262 e. The quantitative estimate of drug-likeness (QED) is 0.612. The third-order valence-electron chi connectivity index (χ3n) is 3.62. The lowest BCUT2D eigenvalue weighted by molar-refractivity contribution is 0.590. The standard InChI is InChI=1S/C19H16BrNO2S/c20-18-13-7-8-14-19(18)24(22,23)21(17-11-5-2-6-12-17)15-16-9-3-1-4-10-16/h1-14H,15H2. The summed E-state index contributed by atoms with van der Waals surface area (Å²) in [6.45, 7) is 0.272. The zero-order valence-electron chi connectivity index (χ0n) is 12.8. The first kappa shape index (κ1) is 16.7. The highest BCUT2D eigenvalue weighted by Crippen LogP contribution is 2.29. The zero-order chi connectivity index (χ0) is 17.0. The molecule has 3 nitrogen and oxygen atoms in total. The summed E-state index contributed by atoms with van der Waals surface area (Å²) in [5.74, 6) is 0. The van der Waals surface area contributed by atoms with Crippen molar-refractivity contribution in [2.24, 2.45) is 0 Å². The summed E-state index contributed by atoms with van der Waals surface area (Å²) < 4.78 is 28.5. The van der Waals surface area contributed by atoms with Gasteiger partial charge in [0, 0.05) is 4.47 Å². The number of hydrogen-bond donors (Lipinski definition) is 0. The molecular formula is C19H16BrNO2S. The molecule has 0 bridgehead atoms. The van der Waals surface area contributed by atoms with Crippen molar-refractivity contribution >= 4 is 31.6 Å². The van der Waals surface area contributed by atoms with E-state index >= 15 is 0 Å². The van der Waals surface area contributed by atoms with Crippen LogP contribution in [0.15, 0.2) is 94.3 Å². The van der Waals surface area contributed by atoms with Gasteiger partial charge in [-0.2, -0.15) is 0 Å². The van der Waals surface area contributed by atoms with Crippen LogP contribution in [0, 0.1) is 0 Å². The first-order valence-electron chi connectivity index (χ1n) is 7.45. The molecule has 0 aliphatic heterocycles. The Morgan fingerprint density at radius 3 is 1.92 bits per heavy atom. The van der Waals surface area contributed by atoms with Crippen LogP contribution < -0.4 is 4.31 Å². The highest BCUT2D eigenvalue weighted by molar-refractivity contribution is 9.10. The summed E-state index contributed by atoms with van der Waals surface area (Å²) in [6, 6.07) is 25.6. The molecule has 3 rings (SSSR count). The average Bonchev–Trinajstić information content (AvgIpc) is 2.61. The molecule has 0 unspecified atom stereocenters. The predicted octanol–water partition coefficient (Wildman–Crippen LogP) is 4.84. The molecule has 0 amide bonds. The van der Waals surface area contributed by atoms with Crippen LogP contribution in [0.25, 0.3) is 0 Å². The number of anilines is 1. The molecule has 0 aromatic heterocycles. The first-order valence-corrected chi connectivity index (χ1v) is 9.68. The number of benzene rings is 3. The fourth-order valence-corrected chi connectivity index (χ4v) is 4.85. The summed E-state index contributed by atoms with van der Waals surface area (Å²) in [6.07, 6.45) is 0. The average molecular weight is 402 g/mol. The molecule has 0 heterocycles. The van der Waals surface area contributed by atoms with Crippen LogP contribution in [-0.2, 0) is 16.6 Å². The van der Waals surface area contributed by atoms with E-state index in [9.17, 15) is 8.42 Å². The van der Waals surface area contributed by atoms with E-state index in [4.69, 9.17) is 0 Å². The lowest BCUT2D eigenvalue weighted by Gasteiger charge is -2.25. The Morgan fingerprint density at radius 1 is 0.750 bits per heavy atom. The number of sulfonamides is 1. The van der Waals surface area contributed by atoms with Crippen LogP contribution in [0.3, 0.4) is 0 Å². The van der Waals surface area contributed by atoms with Crippen LogP contribution in [0.1, 0.15) is 5.56 Å². The van der Waals surface area contributed by atoms with E-state index < -0.39 is 10.0 Å². The van der Waals surface area contributed by atoms with Gasteiger partial charge in [0.1, 0.15) is 4.90 Å². The molecule has 0 saturated heterocycles. The minimum atomic E-state index is -3.70. The largest absolute Gasteiger partial charge is 0.265 e. The molecule has 3 aromatic carbocycles. The van der Waals surface area contributed by atoms with Gasteiger partial charge in [-0.3, -0.25) is 4.31 Å². The van der Waals surface area contributed by atoms with E-state index in [0.717, 1.165) is 5.56 Å². The molecule has 0 atom stereocenters. The van der Waals surface area contributed by atoms with E-state index in [1.807, 2.05) is 48.5 Å². The summed E-state index contributed by atoms with van der Waals surface area (Å²) in [4.78, 5) is 0.254. The van der Waals surface area contributed by atoms with E-state index in [0.29, 0.717) is 10.2 Å². The van der Waals surface area contributed by atoms with Crippen molar-refractivity contribution in [2.75, 3.05) is 4.31 Å². The third-order valence-corrected chi connectivity index (χ3v) is 6.40. The maximum atomic E-state index is 13.3. The topological polar surface area (TPSA) is 37.4 Å². The molecule has 122 valence electrons. The molecule has 0 aliphatic rings. The van der Waals surface area contributed by atoms with Gasteiger partial charge in [0.05, 0.1) is 12.2 Å². The maximum Gasteiger partial charge on any atom is 0.265 e. The Labute approximate surface area is 150 Å². The monoisotopic (exact) mass is 401 g/mol. The van der Waals surface area contributed by atoms with Crippen LogP contribution in [0.2, 0.25) is 0 Å². The van der Waals surface area contributed by atoms with Crippen molar-refractivity contribution in [2.45, 2.75) is 11.4 Å². The van der Waals surface area contributed by atoms with Crippen molar-refractivity contribution in [3.05, 3.63) is 95.0 Å².